The second-order valence-electron chi connectivity index (χ2n) is 3.20. The molecule has 0 unspecified atom stereocenters. The number of anilines is 1. The highest BCUT2D eigenvalue weighted by atomic mass is 35.5. The van der Waals surface area contributed by atoms with Crippen LogP contribution >= 0.6 is 11.6 Å². The summed E-state index contributed by atoms with van der Waals surface area (Å²) in [5.41, 5.74) is 0. The van der Waals surface area contributed by atoms with Crippen LogP contribution in [0.25, 0.3) is 0 Å². The Kier molecular flexibility index (Phi) is 2.84. The molecule has 2 rings (SSSR count). The van der Waals surface area contributed by atoms with Gasteiger partial charge in [0.25, 0.3) is 0 Å². The van der Waals surface area contributed by atoms with Gasteiger partial charge in [0.15, 0.2) is 11.0 Å². The van der Waals surface area contributed by atoms with Gasteiger partial charge >= 0.3 is 0 Å². The molecule has 1 aliphatic heterocycles. The third kappa shape index (κ3) is 1.96. The lowest BCUT2D eigenvalue weighted by Crippen LogP contribution is -2.52. The average molecular weight is 214 g/mol. The van der Waals surface area contributed by atoms with Crippen molar-refractivity contribution in [2.45, 2.75) is 13.0 Å². The van der Waals surface area contributed by atoms with E-state index in [0.29, 0.717) is 11.3 Å². The van der Waals surface area contributed by atoms with Crippen molar-refractivity contribution in [2.75, 3.05) is 24.6 Å². The molecule has 1 aliphatic rings. The van der Waals surface area contributed by atoms with E-state index in [1.807, 2.05) is 13.0 Å². The van der Waals surface area contributed by atoms with Crippen LogP contribution in [0.15, 0.2) is 12.1 Å². The number of nitrogens with zero attached hydrogens (tertiary/aromatic N) is 3. The van der Waals surface area contributed by atoms with E-state index in [2.05, 4.69) is 15.1 Å². The summed E-state index contributed by atoms with van der Waals surface area (Å²) in [4.78, 5) is 2.11. The number of ether oxygens (including phenoxy) is 1. The van der Waals surface area contributed by atoms with Gasteiger partial charge in [-0.25, -0.2) is 0 Å². The Labute approximate surface area is 87.8 Å². The standard InChI is InChI=1S/C9H12ClN3O/c1-2-14-7-5-13(6-7)9-4-3-8(10)11-12-9/h3-4,7H,2,5-6H2,1H3. The van der Waals surface area contributed by atoms with Crippen molar-refractivity contribution in [3.8, 4) is 0 Å². The van der Waals surface area contributed by atoms with Gasteiger partial charge < -0.3 is 9.64 Å². The molecule has 0 bridgehead atoms. The summed E-state index contributed by atoms with van der Waals surface area (Å²) in [5.74, 6) is 0.866. The largest absolute Gasteiger partial charge is 0.375 e. The lowest BCUT2D eigenvalue weighted by molar-refractivity contribution is 0.0426. The molecule has 1 aromatic rings. The first-order valence-corrected chi connectivity index (χ1v) is 5.03. The lowest BCUT2D eigenvalue weighted by Gasteiger charge is -2.39. The Bertz CT molecular complexity index is 297. The van der Waals surface area contributed by atoms with Gasteiger partial charge in [-0.15, -0.1) is 10.2 Å². The van der Waals surface area contributed by atoms with Gasteiger partial charge in [0, 0.05) is 19.7 Å². The van der Waals surface area contributed by atoms with E-state index in [0.717, 1.165) is 25.5 Å². The zero-order valence-electron chi connectivity index (χ0n) is 7.98. The maximum atomic E-state index is 5.64. The van der Waals surface area contributed by atoms with Gasteiger partial charge in [0.1, 0.15) is 0 Å². The van der Waals surface area contributed by atoms with Gasteiger partial charge in [-0.1, -0.05) is 11.6 Å². The number of halogens is 1. The zero-order chi connectivity index (χ0) is 9.97. The molecule has 0 saturated carbocycles. The lowest BCUT2D eigenvalue weighted by atomic mass is 10.1. The van der Waals surface area contributed by atoms with Crippen molar-refractivity contribution in [1.29, 1.82) is 0 Å². The second kappa shape index (κ2) is 4.11. The molecule has 0 spiro atoms. The van der Waals surface area contributed by atoms with E-state index < -0.39 is 0 Å². The van der Waals surface area contributed by atoms with Crippen LogP contribution in [0.4, 0.5) is 5.82 Å². The first kappa shape index (κ1) is 9.68. The Hall–Kier alpha value is -0.870. The van der Waals surface area contributed by atoms with Crippen LogP contribution in [0.3, 0.4) is 0 Å². The predicted molar refractivity (Wildman–Crippen MR) is 54.7 cm³/mol. The van der Waals surface area contributed by atoms with Crippen LogP contribution in [0.2, 0.25) is 5.15 Å². The maximum absolute atomic E-state index is 5.64. The summed E-state index contributed by atoms with van der Waals surface area (Å²) in [7, 11) is 0. The van der Waals surface area contributed by atoms with Gasteiger partial charge in [0.05, 0.1) is 6.10 Å². The summed E-state index contributed by atoms with van der Waals surface area (Å²) >= 11 is 5.64. The fourth-order valence-corrected chi connectivity index (χ4v) is 1.54. The van der Waals surface area contributed by atoms with Crippen LogP contribution in [-0.4, -0.2) is 36.0 Å². The number of aromatic nitrogens is 2. The summed E-state index contributed by atoms with van der Waals surface area (Å²) in [5, 5.41) is 8.20. The summed E-state index contributed by atoms with van der Waals surface area (Å²) in [6, 6.07) is 3.62. The van der Waals surface area contributed by atoms with Crippen LogP contribution in [0.5, 0.6) is 0 Å². The van der Waals surface area contributed by atoms with Crippen molar-refractivity contribution in [1.82, 2.24) is 10.2 Å². The summed E-state index contributed by atoms with van der Waals surface area (Å²) < 4.78 is 5.44. The topological polar surface area (TPSA) is 38.2 Å². The maximum Gasteiger partial charge on any atom is 0.151 e. The molecular weight excluding hydrogens is 202 g/mol. The van der Waals surface area contributed by atoms with E-state index >= 15 is 0 Å². The third-order valence-electron chi connectivity index (χ3n) is 2.19. The molecule has 14 heavy (non-hydrogen) atoms. The molecule has 5 heteroatoms. The highest BCUT2D eigenvalue weighted by molar-refractivity contribution is 6.29. The molecule has 76 valence electrons. The van der Waals surface area contributed by atoms with E-state index in [1.54, 1.807) is 6.07 Å². The monoisotopic (exact) mass is 213 g/mol. The summed E-state index contributed by atoms with van der Waals surface area (Å²) in [6.45, 7) is 4.56. The number of hydrogen-bond acceptors (Lipinski definition) is 4. The van der Waals surface area contributed by atoms with Gasteiger partial charge in [-0.05, 0) is 19.1 Å². The molecule has 0 N–H and O–H groups in total. The van der Waals surface area contributed by atoms with Crippen LogP contribution in [0.1, 0.15) is 6.92 Å². The first-order chi connectivity index (χ1) is 6.79. The molecule has 0 amide bonds. The molecule has 2 heterocycles. The van der Waals surface area contributed by atoms with Crippen LogP contribution in [-0.2, 0) is 4.74 Å². The molecule has 4 nitrogen and oxygen atoms in total. The normalized spacial score (nSPS) is 16.9. The highest BCUT2D eigenvalue weighted by Gasteiger charge is 2.28. The number of rotatable bonds is 3. The highest BCUT2D eigenvalue weighted by Crippen LogP contribution is 2.20. The predicted octanol–water partition coefficient (Wildman–Crippen LogP) is 1.36. The fraction of sp³-hybridized carbons (Fsp3) is 0.556. The summed E-state index contributed by atoms with van der Waals surface area (Å²) in [6.07, 6.45) is 0.345. The zero-order valence-corrected chi connectivity index (χ0v) is 8.74. The minimum absolute atomic E-state index is 0.345. The number of hydrogen-bond donors (Lipinski definition) is 0. The Morgan fingerprint density at radius 3 is 2.86 bits per heavy atom. The third-order valence-corrected chi connectivity index (χ3v) is 2.39. The molecule has 0 atom stereocenters. The van der Waals surface area contributed by atoms with Gasteiger partial charge in [-0.3, -0.25) is 0 Å². The Balaban J connectivity index is 1.90. The van der Waals surface area contributed by atoms with Crippen LogP contribution < -0.4 is 4.90 Å². The Morgan fingerprint density at radius 1 is 1.50 bits per heavy atom. The quantitative estimate of drug-likeness (QED) is 0.760. The van der Waals surface area contributed by atoms with E-state index in [1.165, 1.54) is 0 Å². The molecular formula is C9H12ClN3O. The minimum Gasteiger partial charge on any atom is -0.375 e. The van der Waals surface area contributed by atoms with E-state index in [4.69, 9.17) is 16.3 Å². The smallest absolute Gasteiger partial charge is 0.151 e. The molecule has 0 aromatic carbocycles. The fourth-order valence-electron chi connectivity index (χ4n) is 1.44. The molecule has 0 radical (unpaired) electrons. The molecule has 1 saturated heterocycles. The Morgan fingerprint density at radius 2 is 2.29 bits per heavy atom. The van der Waals surface area contributed by atoms with Crippen molar-refractivity contribution >= 4 is 17.4 Å². The minimum atomic E-state index is 0.345. The van der Waals surface area contributed by atoms with Crippen LogP contribution in [0, 0.1) is 0 Å². The van der Waals surface area contributed by atoms with E-state index in [9.17, 15) is 0 Å². The molecule has 0 aliphatic carbocycles. The van der Waals surface area contributed by atoms with Gasteiger partial charge in [0.2, 0.25) is 0 Å². The van der Waals surface area contributed by atoms with Crippen molar-refractivity contribution in [3.05, 3.63) is 17.3 Å². The van der Waals surface area contributed by atoms with Crippen molar-refractivity contribution in [2.24, 2.45) is 0 Å². The molecule has 1 aromatic heterocycles. The average Bonchev–Trinajstić information content (AvgIpc) is 2.13. The van der Waals surface area contributed by atoms with E-state index in [-0.39, 0.29) is 0 Å². The first-order valence-electron chi connectivity index (χ1n) is 4.65. The molecule has 1 fully saturated rings. The second-order valence-corrected chi connectivity index (χ2v) is 3.58. The SMILES string of the molecule is CCOC1CN(c2ccc(Cl)nn2)C1. The van der Waals surface area contributed by atoms with Crippen molar-refractivity contribution in [3.63, 3.8) is 0 Å². The van der Waals surface area contributed by atoms with Crippen molar-refractivity contribution < 1.29 is 4.74 Å². The van der Waals surface area contributed by atoms with Gasteiger partial charge in [-0.2, -0.15) is 0 Å².